The highest BCUT2D eigenvalue weighted by atomic mass is 16.5. The largest absolute Gasteiger partial charge is 0.380 e. The van der Waals surface area contributed by atoms with Crippen LogP contribution in [-0.2, 0) is 14.3 Å². The van der Waals surface area contributed by atoms with E-state index in [-0.39, 0.29) is 30.0 Å². The Balaban J connectivity index is 2.90. The Morgan fingerprint density at radius 3 is 2.45 bits per heavy atom. The molecule has 0 aromatic rings. The van der Waals surface area contributed by atoms with Gasteiger partial charge in [0.15, 0.2) is 0 Å². The van der Waals surface area contributed by atoms with E-state index in [0.717, 1.165) is 6.42 Å². The minimum Gasteiger partial charge on any atom is -0.380 e. The molecule has 0 saturated carbocycles. The maximum absolute atomic E-state index is 12.6. The van der Waals surface area contributed by atoms with Crippen molar-refractivity contribution in [1.82, 2.24) is 10.2 Å². The standard InChI is InChI=1S/C15H28N2O3/c1-6-7-12-15(19)17(9-11(4)20-5)13(8-10(2)3)14(18)16-12/h10-13H,6-9H2,1-5H3,(H,16,18). The third-order valence-corrected chi connectivity index (χ3v) is 3.70. The summed E-state index contributed by atoms with van der Waals surface area (Å²) >= 11 is 0. The van der Waals surface area contributed by atoms with Crippen LogP contribution < -0.4 is 5.32 Å². The fourth-order valence-corrected chi connectivity index (χ4v) is 2.56. The van der Waals surface area contributed by atoms with Gasteiger partial charge in [0, 0.05) is 13.7 Å². The molecule has 3 atom stereocenters. The van der Waals surface area contributed by atoms with Gasteiger partial charge in [0.1, 0.15) is 12.1 Å². The summed E-state index contributed by atoms with van der Waals surface area (Å²) in [6.45, 7) is 8.53. The Labute approximate surface area is 122 Å². The van der Waals surface area contributed by atoms with Crippen molar-refractivity contribution in [3.63, 3.8) is 0 Å². The van der Waals surface area contributed by atoms with Crippen molar-refractivity contribution in [2.45, 2.75) is 65.1 Å². The van der Waals surface area contributed by atoms with Gasteiger partial charge in [-0.3, -0.25) is 9.59 Å². The predicted octanol–water partition coefficient (Wildman–Crippen LogP) is 1.56. The fourth-order valence-electron chi connectivity index (χ4n) is 2.56. The number of amides is 2. The van der Waals surface area contributed by atoms with E-state index in [1.54, 1.807) is 12.0 Å². The molecule has 0 aromatic carbocycles. The molecule has 1 fully saturated rings. The number of piperazine rings is 1. The highest BCUT2D eigenvalue weighted by molar-refractivity contribution is 5.97. The quantitative estimate of drug-likeness (QED) is 0.772. The molecule has 1 saturated heterocycles. The molecule has 1 heterocycles. The average molecular weight is 284 g/mol. The van der Waals surface area contributed by atoms with Crippen molar-refractivity contribution in [3.05, 3.63) is 0 Å². The SMILES string of the molecule is CCCC1NC(=O)C(CC(C)C)N(CC(C)OC)C1=O. The average Bonchev–Trinajstić information content (AvgIpc) is 2.39. The zero-order valence-electron chi connectivity index (χ0n) is 13.3. The second-order valence-corrected chi connectivity index (χ2v) is 6.03. The lowest BCUT2D eigenvalue weighted by Crippen LogP contribution is -2.64. The van der Waals surface area contributed by atoms with Crippen LogP contribution in [0.3, 0.4) is 0 Å². The number of carbonyl (C=O) groups excluding carboxylic acids is 2. The van der Waals surface area contributed by atoms with E-state index in [2.05, 4.69) is 19.2 Å². The number of hydrogen-bond donors (Lipinski definition) is 1. The van der Waals surface area contributed by atoms with Gasteiger partial charge in [-0.15, -0.1) is 0 Å². The molecule has 5 nitrogen and oxygen atoms in total. The lowest BCUT2D eigenvalue weighted by Gasteiger charge is -2.40. The number of methoxy groups -OCH3 is 1. The maximum Gasteiger partial charge on any atom is 0.245 e. The maximum atomic E-state index is 12.6. The van der Waals surface area contributed by atoms with Crippen molar-refractivity contribution in [2.75, 3.05) is 13.7 Å². The van der Waals surface area contributed by atoms with Crippen LogP contribution >= 0.6 is 0 Å². The third-order valence-electron chi connectivity index (χ3n) is 3.70. The number of ether oxygens (including phenoxy) is 1. The summed E-state index contributed by atoms with van der Waals surface area (Å²) < 4.78 is 5.26. The summed E-state index contributed by atoms with van der Waals surface area (Å²) in [5, 5.41) is 2.87. The molecule has 1 aliphatic heterocycles. The third kappa shape index (κ3) is 4.20. The molecular formula is C15H28N2O3. The zero-order chi connectivity index (χ0) is 15.3. The molecule has 0 radical (unpaired) electrons. The summed E-state index contributed by atoms with van der Waals surface area (Å²) in [5.74, 6) is 0.364. The minimum absolute atomic E-state index is 0.0277. The second kappa shape index (κ2) is 7.62. The van der Waals surface area contributed by atoms with Gasteiger partial charge in [-0.05, 0) is 25.7 Å². The summed E-state index contributed by atoms with van der Waals surface area (Å²) in [4.78, 5) is 26.6. The van der Waals surface area contributed by atoms with Gasteiger partial charge in [-0.2, -0.15) is 0 Å². The van der Waals surface area contributed by atoms with Crippen LogP contribution in [0.4, 0.5) is 0 Å². The van der Waals surface area contributed by atoms with Crippen LogP contribution in [0, 0.1) is 5.92 Å². The van der Waals surface area contributed by atoms with Crippen molar-refractivity contribution >= 4 is 11.8 Å². The van der Waals surface area contributed by atoms with Crippen LogP contribution in [0.2, 0.25) is 0 Å². The van der Waals surface area contributed by atoms with Gasteiger partial charge >= 0.3 is 0 Å². The van der Waals surface area contributed by atoms with E-state index >= 15 is 0 Å². The van der Waals surface area contributed by atoms with Crippen LogP contribution in [-0.4, -0.2) is 48.6 Å². The molecule has 2 amide bonds. The van der Waals surface area contributed by atoms with E-state index in [1.807, 2.05) is 13.8 Å². The fraction of sp³-hybridized carbons (Fsp3) is 0.867. The first-order valence-electron chi connectivity index (χ1n) is 7.54. The van der Waals surface area contributed by atoms with Gasteiger partial charge < -0.3 is 15.0 Å². The molecule has 0 aliphatic carbocycles. The van der Waals surface area contributed by atoms with Gasteiger partial charge in [0.05, 0.1) is 6.10 Å². The molecule has 0 spiro atoms. The molecule has 116 valence electrons. The summed E-state index contributed by atoms with van der Waals surface area (Å²) in [6.07, 6.45) is 2.19. The Morgan fingerprint density at radius 2 is 1.95 bits per heavy atom. The normalized spacial score (nSPS) is 25.0. The van der Waals surface area contributed by atoms with E-state index in [4.69, 9.17) is 4.74 Å². The number of carbonyl (C=O) groups is 2. The summed E-state index contributed by atoms with van der Waals surface area (Å²) in [7, 11) is 1.63. The van der Waals surface area contributed by atoms with Crippen molar-refractivity contribution in [2.24, 2.45) is 5.92 Å². The number of nitrogens with one attached hydrogen (secondary N) is 1. The smallest absolute Gasteiger partial charge is 0.245 e. The van der Waals surface area contributed by atoms with E-state index in [0.29, 0.717) is 25.3 Å². The monoisotopic (exact) mass is 284 g/mol. The summed E-state index contributed by atoms with van der Waals surface area (Å²) in [5.41, 5.74) is 0. The molecule has 3 unspecified atom stereocenters. The van der Waals surface area contributed by atoms with E-state index in [1.165, 1.54) is 0 Å². The molecule has 1 rings (SSSR count). The molecule has 20 heavy (non-hydrogen) atoms. The number of hydrogen-bond acceptors (Lipinski definition) is 3. The Hall–Kier alpha value is -1.10. The number of nitrogens with zero attached hydrogens (tertiary/aromatic N) is 1. The lowest BCUT2D eigenvalue weighted by molar-refractivity contribution is -0.151. The first kappa shape index (κ1) is 17.0. The molecule has 0 aromatic heterocycles. The first-order valence-corrected chi connectivity index (χ1v) is 7.54. The molecular weight excluding hydrogens is 256 g/mol. The van der Waals surface area contributed by atoms with Gasteiger partial charge in [-0.25, -0.2) is 0 Å². The van der Waals surface area contributed by atoms with Crippen LogP contribution in [0.1, 0.15) is 47.0 Å². The highest BCUT2D eigenvalue weighted by Gasteiger charge is 2.40. The van der Waals surface area contributed by atoms with Gasteiger partial charge in [0.2, 0.25) is 11.8 Å². The first-order chi connectivity index (χ1) is 9.40. The second-order valence-electron chi connectivity index (χ2n) is 6.03. The summed E-state index contributed by atoms with van der Waals surface area (Å²) in [6, 6.07) is -0.742. The molecule has 1 aliphatic rings. The van der Waals surface area contributed by atoms with Gasteiger partial charge in [-0.1, -0.05) is 27.2 Å². The van der Waals surface area contributed by atoms with Crippen LogP contribution in [0.15, 0.2) is 0 Å². The lowest BCUT2D eigenvalue weighted by atomic mass is 9.96. The Kier molecular flexibility index (Phi) is 6.46. The highest BCUT2D eigenvalue weighted by Crippen LogP contribution is 2.20. The topological polar surface area (TPSA) is 58.6 Å². The van der Waals surface area contributed by atoms with Crippen LogP contribution in [0.25, 0.3) is 0 Å². The van der Waals surface area contributed by atoms with E-state index < -0.39 is 0 Å². The van der Waals surface area contributed by atoms with Crippen molar-refractivity contribution in [3.8, 4) is 0 Å². The van der Waals surface area contributed by atoms with Crippen molar-refractivity contribution < 1.29 is 14.3 Å². The molecule has 1 N–H and O–H groups in total. The minimum atomic E-state index is -0.375. The van der Waals surface area contributed by atoms with Crippen molar-refractivity contribution in [1.29, 1.82) is 0 Å². The molecule has 0 bridgehead atoms. The van der Waals surface area contributed by atoms with Crippen LogP contribution in [0.5, 0.6) is 0 Å². The zero-order valence-corrected chi connectivity index (χ0v) is 13.3. The van der Waals surface area contributed by atoms with Gasteiger partial charge in [0.25, 0.3) is 0 Å². The Morgan fingerprint density at radius 1 is 1.30 bits per heavy atom. The van der Waals surface area contributed by atoms with E-state index in [9.17, 15) is 9.59 Å². The molecule has 5 heteroatoms. The predicted molar refractivity (Wildman–Crippen MR) is 78.3 cm³/mol. The number of rotatable bonds is 7. The Bertz CT molecular complexity index is 344.